The predicted molar refractivity (Wildman–Crippen MR) is 95.4 cm³/mol. The first-order valence-corrected chi connectivity index (χ1v) is 8.35. The molecule has 1 aliphatic carbocycles. The van der Waals surface area contributed by atoms with Crippen molar-refractivity contribution in [1.82, 2.24) is 5.32 Å². The van der Waals surface area contributed by atoms with Gasteiger partial charge in [-0.3, -0.25) is 4.79 Å². The number of hydrogen-bond donors (Lipinski definition) is 3. The number of carbonyl (C=O) groups is 2. The van der Waals surface area contributed by atoms with Crippen LogP contribution in [0.15, 0.2) is 48.5 Å². The monoisotopic (exact) mass is 377 g/mol. The number of urea groups is 1. The molecule has 2 unspecified atom stereocenters. The molecule has 3 rings (SSSR count). The lowest BCUT2D eigenvalue weighted by Crippen LogP contribution is -2.24. The highest BCUT2D eigenvalue weighted by atomic mass is 19.4. The molecule has 1 saturated carbocycles. The van der Waals surface area contributed by atoms with Crippen LogP contribution in [0.2, 0.25) is 0 Å². The van der Waals surface area contributed by atoms with Gasteiger partial charge in [-0.15, -0.1) is 0 Å². The van der Waals surface area contributed by atoms with Gasteiger partial charge in [-0.05, 0) is 54.3 Å². The van der Waals surface area contributed by atoms with E-state index in [4.69, 9.17) is 0 Å². The fraction of sp³-hybridized carbons (Fsp3) is 0.263. The summed E-state index contributed by atoms with van der Waals surface area (Å²) in [5, 5.41) is 7.83. The summed E-state index contributed by atoms with van der Waals surface area (Å²) in [7, 11) is 1.51. The Kier molecular flexibility index (Phi) is 5.07. The smallest absolute Gasteiger partial charge is 0.341 e. The zero-order valence-electron chi connectivity index (χ0n) is 14.4. The summed E-state index contributed by atoms with van der Waals surface area (Å²) >= 11 is 0. The number of carbonyl (C=O) groups excluding carboxylic acids is 2. The lowest BCUT2D eigenvalue weighted by Gasteiger charge is -2.09. The molecular weight excluding hydrogens is 359 g/mol. The number of halogens is 3. The summed E-state index contributed by atoms with van der Waals surface area (Å²) in [6.07, 6.45) is -3.76. The highest BCUT2D eigenvalue weighted by Crippen LogP contribution is 2.48. The van der Waals surface area contributed by atoms with E-state index in [1.165, 1.54) is 19.2 Å². The molecule has 142 valence electrons. The summed E-state index contributed by atoms with van der Waals surface area (Å²) in [6, 6.07) is 11.2. The van der Waals surface area contributed by atoms with Gasteiger partial charge in [0.1, 0.15) is 0 Å². The molecule has 0 heterocycles. The minimum absolute atomic E-state index is 0.0681. The van der Waals surface area contributed by atoms with Crippen molar-refractivity contribution in [3.8, 4) is 0 Å². The number of benzene rings is 2. The second-order valence-corrected chi connectivity index (χ2v) is 6.34. The van der Waals surface area contributed by atoms with Gasteiger partial charge >= 0.3 is 12.2 Å². The molecule has 3 amide bonds. The Morgan fingerprint density at radius 1 is 0.926 bits per heavy atom. The molecule has 0 aliphatic heterocycles. The molecule has 1 aliphatic rings. The molecule has 0 radical (unpaired) electrons. The Balaban J connectivity index is 1.56. The van der Waals surface area contributed by atoms with Crippen molar-refractivity contribution in [2.24, 2.45) is 5.92 Å². The molecule has 2 aromatic carbocycles. The molecule has 0 saturated heterocycles. The van der Waals surface area contributed by atoms with E-state index in [9.17, 15) is 22.8 Å². The Labute approximate surface area is 154 Å². The van der Waals surface area contributed by atoms with Crippen LogP contribution in [0.25, 0.3) is 0 Å². The van der Waals surface area contributed by atoms with Crippen LogP contribution < -0.4 is 16.0 Å². The van der Waals surface area contributed by atoms with Crippen molar-refractivity contribution in [1.29, 1.82) is 0 Å². The maximum Gasteiger partial charge on any atom is 0.416 e. The molecule has 5 nitrogen and oxygen atoms in total. The summed E-state index contributed by atoms with van der Waals surface area (Å²) in [4.78, 5) is 23.6. The Morgan fingerprint density at radius 2 is 1.48 bits per heavy atom. The molecule has 1 fully saturated rings. The highest BCUT2D eigenvalue weighted by Gasteiger charge is 2.44. The largest absolute Gasteiger partial charge is 0.416 e. The third-order valence-electron chi connectivity index (χ3n) is 4.43. The van der Waals surface area contributed by atoms with Crippen molar-refractivity contribution in [3.63, 3.8) is 0 Å². The SMILES string of the molecule is CNC(=O)Nc1ccc(NC(=O)C2CC2c2ccc(C(F)(F)F)cc2)cc1. The normalized spacial score (nSPS) is 18.5. The molecule has 8 heteroatoms. The number of hydrogen-bond acceptors (Lipinski definition) is 2. The van der Waals surface area contributed by atoms with Crippen LogP contribution in [-0.4, -0.2) is 19.0 Å². The first kappa shape index (κ1) is 18.8. The van der Waals surface area contributed by atoms with Gasteiger partial charge in [0.05, 0.1) is 5.56 Å². The molecule has 0 bridgehead atoms. The van der Waals surface area contributed by atoms with Gasteiger partial charge < -0.3 is 16.0 Å². The van der Waals surface area contributed by atoms with E-state index >= 15 is 0 Å². The van der Waals surface area contributed by atoms with E-state index in [0.29, 0.717) is 17.8 Å². The number of nitrogens with one attached hydrogen (secondary N) is 3. The molecule has 0 spiro atoms. The maximum absolute atomic E-state index is 12.6. The van der Waals surface area contributed by atoms with E-state index in [1.54, 1.807) is 24.3 Å². The fourth-order valence-corrected chi connectivity index (χ4v) is 2.84. The van der Waals surface area contributed by atoms with Crippen LogP contribution in [0.3, 0.4) is 0 Å². The predicted octanol–water partition coefficient (Wildman–Crippen LogP) is 4.20. The van der Waals surface area contributed by atoms with Gasteiger partial charge in [-0.1, -0.05) is 12.1 Å². The lowest BCUT2D eigenvalue weighted by atomic mass is 10.1. The quantitative estimate of drug-likeness (QED) is 0.747. The summed E-state index contributed by atoms with van der Waals surface area (Å²) < 4.78 is 37.8. The van der Waals surface area contributed by atoms with Gasteiger partial charge in [0.2, 0.25) is 5.91 Å². The summed E-state index contributed by atoms with van der Waals surface area (Å²) in [5.74, 6) is -0.501. The van der Waals surface area contributed by atoms with Crippen LogP contribution in [0.5, 0.6) is 0 Å². The molecule has 3 N–H and O–H groups in total. The van der Waals surface area contributed by atoms with Crippen molar-refractivity contribution in [3.05, 3.63) is 59.7 Å². The highest BCUT2D eigenvalue weighted by molar-refractivity contribution is 5.95. The summed E-state index contributed by atoms with van der Waals surface area (Å²) in [5.41, 5.74) is 1.20. The van der Waals surface area contributed by atoms with Crippen molar-refractivity contribution in [2.45, 2.75) is 18.5 Å². The van der Waals surface area contributed by atoms with E-state index in [0.717, 1.165) is 17.7 Å². The summed E-state index contributed by atoms with van der Waals surface area (Å²) in [6.45, 7) is 0. The number of anilines is 2. The minimum atomic E-state index is -4.36. The van der Waals surface area contributed by atoms with Gasteiger partial charge in [-0.25, -0.2) is 4.79 Å². The van der Waals surface area contributed by atoms with E-state index < -0.39 is 11.7 Å². The average molecular weight is 377 g/mol. The minimum Gasteiger partial charge on any atom is -0.341 e. The van der Waals surface area contributed by atoms with E-state index in [2.05, 4.69) is 16.0 Å². The first-order chi connectivity index (χ1) is 12.8. The lowest BCUT2D eigenvalue weighted by molar-refractivity contribution is -0.137. The van der Waals surface area contributed by atoms with Gasteiger partial charge in [-0.2, -0.15) is 13.2 Å². The van der Waals surface area contributed by atoms with Crippen LogP contribution in [0.4, 0.5) is 29.3 Å². The topological polar surface area (TPSA) is 70.2 Å². The van der Waals surface area contributed by atoms with E-state index in [-0.39, 0.29) is 23.8 Å². The van der Waals surface area contributed by atoms with Crippen LogP contribution in [-0.2, 0) is 11.0 Å². The molecule has 2 aromatic rings. The molecule has 2 atom stereocenters. The average Bonchev–Trinajstić information content (AvgIpc) is 3.43. The fourth-order valence-electron chi connectivity index (χ4n) is 2.84. The van der Waals surface area contributed by atoms with Crippen molar-refractivity contribution < 1.29 is 22.8 Å². The number of rotatable bonds is 4. The first-order valence-electron chi connectivity index (χ1n) is 8.35. The van der Waals surface area contributed by atoms with E-state index in [1.807, 2.05) is 0 Å². The second kappa shape index (κ2) is 7.30. The van der Waals surface area contributed by atoms with Crippen molar-refractivity contribution in [2.75, 3.05) is 17.7 Å². The molecular formula is C19H18F3N3O2. The van der Waals surface area contributed by atoms with Crippen LogP contribution in [0, 0.1) is 5.92 Å². The zero-order chi connectivity index (χ0) is 19.6. The Hall–Kier alpha value is -3.03. The number of amides is 3. The third kappa shape index (κ3) is 4.58. The molecule has 27 heavy (non-hydrogen) atoms. The Morgan fingerprint density at radius 3 is 2.00 bits per heavy atom. The van der Waals surface area contributed by atoms with Gasteiger partial charge in [0.25, 0.3) is 0 Å². The molecule has 0 aromatic heterocycles. The standard InChI is InChI=1S/C19H18F3N3O2/c1-23-18(27)25-14-8-6-13(7-9-14)24-17(26)16-10-15(16)11-2-4-12(5-3-11)19(20,21)22/h2-9,15-16H,10H2,1H3,(H,24,26)(H2,23,25,27). The zero-order valence-corrected chi connectivity index (χ0v) is 14.4. The maximum atomic E-state index is 12.6. The number of alkyl halides is 3. The van der Waals surface area contributed by atoms with Gasteiger partial charge in [0.15, 0.2) is 0 Å². The third-order valence-corrected chi connectivity index (χ3v) is 4.43. The Bertz CT molecular complexity index is 833. The van der Waals surface area contributed by atoms with Gasteiger partial charge in [0, 0.05) is 24.3 Å². The van der Waals surface area contributed by atoms with Crippen molar-refractivity contribution >= 4 is 23.3 Å². The second-order valence-electron chi connectivity index (χ2n) is 6.34. The van der Waals surface area contributed by atoms with Crippen LogP contribution in [0.1, 0.15) is 23.5 Å². The van der Waals surface area contributed by atoms with Crippen LogP contribution >= 0.6 is 0 Å².